The number of para-hydroxylation sites is 2. The Hall–Kier alpha value is -5.03. The number of ether oxygens (including phenoxy) is 2. The molecule has 2 unspecified atom stereocenters. The number of anilines is 2. The van der Waals surface area contributed by atoms with E-state index in [1.54, 1.807) is 36.4 Å². The summed E-state index contributed by atoms with van der Waals surface area (Å²) < 4.78 is 10.2. The minimum atomic E-state index is -0.928. The van der Waals surface area contributed by atoms with Crippen molar-refractivity contribution >= 4 is 23.3 Å². The van der Waals surface area contributed by atoms with Gasteiger partial charge in [-0.3, -0.25) is 4.90 Å². The van der Waals surface area contributed by atoms with Crippen molar-refractivity contribution in [2.24, 2.45) is 5.73 Å². The Kier molecular flexibility index (Phi) is 7.78. The molecule has 0 bridgehead atoms. The van der Waals surface area contributed by atoms with Crippen LogP contribution in [0.25, 0.3) is 0 Å². The Bertz CT molecular complexity index is 1440. The van der Waals surface area contributed by atoms with E-state index < -0.39 is 17.9 Å². The summed E-state index contributed by atoms with van der Waals surface area (Å²) in [6.45, 7) is 2.00. The van der Waals surface area contributed by atoms with Gasteiger partial charge in [0, 0.05) is 6.04 Å². The molecule has 0 amide bonds. The Balaban J connectivity index is 1.96. The van der Waals surface area contributed by atoms with Crippen LogP contribution < -0.4 is 16.0 Å². The van der Waals surface area contributed by atoms with Crippen LogP contribution in [0, 0.1) is 11.3 Å². The lowest BCUT2D eigenvalue weighted by molar-refractivity contribution is -0.139. The van der Waals surface area contributed by atoms with E-state index in [0.29, 0.717) is 16.9 Å². The van der Waals surface area contributed by atoms with Crippen LogP contribution in [0.3, 0.4) is 0 Å². The van der Waals surface area contributed by atoms with Gasteiger partial charge in [0.25, 0.3) is 0 Å². The molecule has 1 heterocycles. The van der Waals surface area contributed by atoms with Crippen molar-refractivity contribution in [1.29, 1.82) is 5.26 Å². The number of nitrogens with one attached hydrogen (secondary N) is 1. The van der Waals surface area contributed by atoms with E-state index in [1.807, 2.05) is 55.5 Å². The number of carbonyl (C=O) groups is 2. The van der Waals surface area contributed by atoms with E-state index in [2.05, 4.69) is 11.4 Å². The molecule has 8 nitrogen and oxygen atoms in total. The standard InChI is InChI=1S/C30H28N4O4/c1-19(20-12-6-4-7-13-20)33-23-16-10-11-17-24(23)34-27(30(36)38-3)26(29(35)37-2)25(22(18-31)28(34)32)21-14-8-5-9-15-21/h4-17,19,25,33H,32H2,1-3H3. The van der Waals surface area contributed by atoms with Crippen molar-refractivity contribution < 1.29 is 19.1 Å². The minimum absolute atomic E-state index is 0.0102. The monoisotopic (exact) mass is 508 g/mol. The lowest BCUT2D eigenvalue weighted by Gasteiger charge is -2.37. The Morgan fingerprint density at radius 3 is 2.11 bits per heavy atom. The van der Waals surface area contributed by atoms with Gasteiger partial charge in [-0.1, -0.05) is 72.8 Å². The summed E-state index contributed by atoms with van der Waals surface area (Å²) in [6, 6.07) is 28.0. The summed E-state index contributed by atoms with van der Waals surface area (Å²) in [5.41, 5.74) is 9.35. The van der Waals surface area contributed by atoms with E-state index in [-0.39, 0.29) is 28.7 Å². The SMILES string of the molecule is COC(=O)C1=C(C(=O)OC)N(c2ccccc2NC(C)c2ccccc2)C(N)=C(C#N)C1c1ccccc1. The van der Waals surface area contributed by atoms with E-state index in [1.165, 1.54) is 19.1 Å². The van der Waals surface area contributed by atoms with Crippen molar-refractivity contribution in [3.63, 3.8) is 0 Å². The maximum absolute atomic E-state index is 13.3. The first-order valence-corrected chi connectivity index (χ1v) is 12.0. The number of esters is 2. The zero-order valence-corrected chi connectivity index (χ0v) is 21.3. The lowest BCUT2D eigenvalue weighted by Crippen LogP contribution is -2.41. The molecule has 1 aliphatic rings. The van der Waals surface area contributed by atoms with Crippen LogP contribution in [0.4, 0.5) is 11.4 Å². The number of rotatable bonds is 7. The third-order valence-corrected chi connectivity index (χ3v) is 6.43. The van der Waals surface area contributed by atoms with Crippen molar-refractivity contribution in [2.75, 3.05) is 24.4 Å². The van der Waals surface area contributed by atoms with Gasteiger partial charge in [-0.2, -0.15) is 5.26 Å². The van der Waals surface area contributed by atoms with Crippen LogP contribution in [0.15, 0.2) is 108 Å². The Morgan fingerprint density at radius 1 is 0.921 bits per heavy atom. The van der Waals surface area contributed by atoms with Crippen molar-refractivity contribution in [1.82, 2.24) is 0 Å². The summed E-state index contributed by atoms with van der Waals surface area (Å²) in [5, 5.41) is 13.7. The van der Waals surface area contributed by atoms with Gasteiger partial charge in [-0.15, -0.1) is 0 Å². The number of hydrogen-bond donors (Lipinski definition) is 2. The zero-order valence-electron chi connectivity index (χ0n) is 21.3. The van der Waals surface area contributed by atoms with Gasteiger partial charge in [0.15, 0.2) is 0 Å². The number of hydrogen-bond acceptors (Lipinski definition) is 8. The molecule has 38 heavy (non-hydrogen) atoms. The molecular weight excluding hydrogens is 480 g/mol. The molecule has 192 valence electrons. The first-order chi connectivity index (χ1) is 18.4. The predicted molar refractivity (Wildman–Crippen MR) is 144 cm³/mol. The van der Waals surface area contributed by atoms with Crippen LogP contribution in [0.5, 0.6) is 0 Å². The largest absolute Gasteiger partial charge is 0.466 e. The molecular formula is C30H28N4O4. The highest BCUT2D eigenvalue weighted by molar-refractivity contribution is 6.07. The molecule has 0 saturated heterocycles. The Labute approximate surface area is 221 Å². The van der Waals surface area contributed by atoms with Gasteiger partial charge in [0.1, 0.15) is 11.5 Å². The van der Waals surface area contributed by atoms with Crippen molar-refractivity contribution in [2.45, 2.75) is 18.9 Å². The number of benzene rings is 3. The van der Waals surface area contributed by atoms with Gasteiger partial charge in [0.2, 0.25) is 0 Å². The fourth-order valence-corrected chi connectivity index (χ4v) is 4.61. The van der Waals surface area contributed by atoms with Gasteiger partial charge in [-0.05, 0) is 30.2 Å². The Morgan fingerprint density at radius 2 is 1.50 bits per heavy atom. The van der Waals surface area contributed by atoms with Crippen LogP contribution in [-0.2, 0) is 19.1 Å². The van der Waals surface area contributed by atoms with E-state index in [0.717, 1.165) is 5.56 Å². The third kappa shape index (κ3) is 4.82. The lowest BCUT2D eigenvalue weighted by atomic mass is 9.81. The van der Waals surface area contributed by atoms with Crippen molar-refractivity contribution in [3.05, 3.63) is 119 Å². The fourth-order valence-electron chi connectivity index (χ4n) is 4.61. The highest BCUT2D eigenvalue weighted by atomic mass is 16.5. The molecule has 4 rings (SSSR count). The van der Waals surface area contributed by atoms with Gasteiger partial charge >= 0.3 is 11.9 Å². The molecule has 3 N–H and O–H groups in total. The molecule has 0 aromatic heterocycles. The number of carbonyl (C=O) groups excluding carboxylic acids is 2. The first-order valence-electron chi connectivity index (χ1n) is 12.0. The molecule has 0 radical (unpaired) electrons. The number of nitrogens with two attached hydrogens (primary N) is 1. The molecule has 0 fully saturated rings. The molecule has 2 atom stereocenters. The number of nitrogens with zero attached hydrogens (tertiary/aromatic N) is 2. The summed E-state index contributed by atoms with van der Waals surface area (Å²) in [4.78, 5) is 28.0. The summed E-state index contributed by atoms with van der Waals surface area (Å²) in [6.07, 6.45) is 0. The molecule has 1 aliphatic heterocycles. The summed E-state index contributed by atoms with van der Waals surface area (Å²) >= 11 is 0. The van der Waals surface area contributed by atoms with E-state index >= 15 is 0 Å². The molecule has 3 aromatic carbocycles. The quantitative estimate of drug-likeness (QED) is 0.439. The topological polar surface area (TPSA) is 118 Å². The molecule has 0 spiro atoms. The molecule has 0 saturated carbocycles. The summed E-state index contributed by atoms with van der Waals surface area (Å²) in [5.74, 6) is -2.48. The van der Waals surface area contributed by atoms with Gasteiger partial charge in [-0.25, -0.2) is 9.59 Å². The highest BCUT2D eigenvalue weighted by Gasteiger charge is 2.43. The second-order valence-corrected chi connectivity index (χ2v) is 8.63. The first kappa shape index (κ1) is 26.0. The average molecular weight is 509 g/mol. The van der Waals surface area contributed by atoms with Crippen LogP contribution in [0.2, 0.25) is 0 Å². The van der Waals surface area contributed by atoms with Crippen molar-refractivity contribution in [3.8, 4) is 6.07 Å². The number of nitriles is 1. The average Bonchev–Trinajstić information content (AvgIpc) is 2.97. The molecule has 8 heteroatoms. The number of allylic oxidation sites excluding steroid dienone is 1. The normalized spacial score (nSPS) is 15.9. The van der Waals surface area contributed by atoms with Crippen LogP contribution in [0.1, 0.15) is 30.0 Å². The van der Waals surface area contributed by atoms with Gasteiger partial charge in [0.05, 0.1) is 48.7 Å². The minimum Gasteiger partial charge on any atom is -0.466 e. The highest BCUT2D eigenvalue weighted by Crippen LogP contribution is 2.45. The number of methoxy groups -OCH3 is 2. The zero-order chi connectivity index (χ0) is 27.2. The van der Waals surface area contributed by atoms with E-state index in [9.17, 15) is 14.9 Å². The second-order valence-electron chi connectivity index (χ2n) is 8.63. The van der Waals surface area contributed by atoms with Crippen LogP contribution in [-0.4, -0.2) is 26.2 Å². The maximum atomic E-state index is 13.3. The summed E-state index contributed by atoms with van der Waals surface area (Å²) in [7, 11) is 2.45. The third-order valence-electron chi connectivity index (χ3n) is 6.43. The van der Waals surface area contributed by atoms with Crippen LogP contribution >= 0.6 is 0 Å². The fraction of sp³-hybridized carbons (Fsp3) is 0.167. The second kappa shape index (κ2) is 11.4. The molecule has 3 aromatic rings. The van der Waals surface area contributed by atoms with E-state index in [4.69, 9.17) is 15.2 Å². The maximum Gasteiger partial charge on any atom is 0.355 e. The van der Waals surface area contributed by atoms with Gasteiger partial charge < -0.3 is 20.5 Å². The molecule has 0 aliphatic carbocycles. The predicted octanol–water partition coefficient (Wildman–Crippen LogP) is 4.76. The smallest absolute Gasteiger partial charge is 0.355 e.